The lowest BCUT2D eigenvalue weighted by molar-refractivity contribution is -0.123. The summed E-state index contributed by atoms with van der Waals surface area (Å²) in [5.74, 6) is -0.234. The van der Waals surface area contributed by atoms with Crippen LogP contribution in [0.3, 0.4) is 0 Å². The van der Waals surface area contributed by atoms with Crippen LogP contribution in [0.4, 0.5) is 5.69 Å². The van der Waals surface area contributed by atoms with Crippen molar-refractivity contribution >= 4 is 29.9 Å². The molecule has 0 radical (unpaired) electrons. The van der Waals surface area contributed by atoms with Crippen LogP contribution in [-0.4, -0.2) is 43.2 Å². The molecule has 2 rings (SSSR count). The molecule has 1 aromatic carbocycles. The van der Waals surface area contributed by atoms with E-state index in [2.05, 4.69) is 16.0 Å². The summed E-state index contributed by atoms with van der Waals surface area (Å²) in [5.41, 5.74) is 2.11. The Morgan fingerprint density at radius 3 is 2.62 bits per heavy atom. The molecular weight excluding hydrogens is 330 g/mol. The Bertz CT molecular complexity index is 592. The number of nitrogens with one attached hydrogen (secondary N) is 3. The van der Waals surface area contributed by atoms with Crippen molar-refractivity contribution in [1.82, 2.24) is 10.6 Å². The number of carbonyl (C=O) groups is 2. The number of hydrogen-bond acceptors (Lipinski definition) is 4. The van der Waals surface area contributed by atoms with Gasteiger partial charge in [0.2, 0.25) is 5.91 Å². The predicted octanol–water partition coefficient (Wildman–Crippen LogP) is 1.87. The highest BCUT2D eigenvalue weighted by molar-refractivity contribution is 5.98. The molecule has 1 aromatic rings. The molecule has 134 valence electrons. The maximum Gasteiger partial charge on any atom is 0.251 e. The van der Waals surface area contributed by atoms with Crippen LogP contribution >= 0.6 is 12.4 Å². The highest BCUT2D eigenvalue weighted by atomic mass is 35.5. The number of ether oxygens (including phenoxy) is 1. The fourth-order valence-electron chi connectivity index (χ4n) is 2.58. The number of aryl methyl sites for hydroxylation is 1. The molecule has 6 nitrogen and oxygen atoms in total. The van der Waals surface area contributed by atoms with E-state index in [1.165, 1.54) is 0 Å². The number of benzene rings is 1. The quantitative estimate of drug-likeness (QED) is 0.770. The van der Waals surface area contributed by atoms with Crippen LogP contribution < -0.4 is 16.0 Å². The van der Waals surface area contributed by atoms with E-state index < -0.39 is 0 Å². The number of anilines is 1. The van der Waals surface area contributed by atoms with Gasteiger partial charge in [-0.15, -0.1) is 12.4 Å². The van der Waals surface area contributed by atoms with Gasteiger partial charge in [-0.25, -0.2) is 0 Å². The second-order valence-electron chi connectivity index (χ2n) is 6.15. The number of rotatable bonds is 4. The van der Waals surface area contributed by atoms with Gasteiger partial charge >= 0.3 is 0 Å². The van der Waals surface area contributed by atoms with E-state index in [9.17, 15) is 9.59 Å². The Morgan fingerprint density at radius 2 is 2.04 bits per heavy atom. The normalized spacial score (nSPS) is 20.2. The molecule has 3 N–H and O–H groups in total. The van der Waals surface area contributed by atoms with Crippen LogP contribution in [0.2, 0.25) is 0 Å². The molecule has 7 heteroatoms. The minimum atomic E-state index is -0.368. The lowest BCUT2D eigenvalue weighted by Crippen LogP contribution is -2.53. The minimum Gasteiger partial charge on any atom is -0.375 e. The van der Waals surface area contributed by atoms with Gasteiger partial charge in [0.05, 0.1) is 12.7 Å². The predicted molar refractivity (Wildman–Crippen MR) is 96.9 cm³/mol. The van der Waals surface area contributed by atoms with Gasteiger partial charge in [0.1, 0.15) is 6.04 Å². The van der Waals surface area contributed by atoms with Gasteiger partial charge in [-0.3, -0.25) is 9.59 Å². The first-order valence-corrected chi connectivity index (χ1v) is 7.96. The second-order valence-corrected chi connectivity index (χ2v) is 6.15. The first-order chi connectivity index (χ1) is 10.9. The van der Waals surface area contributed by atoms with Crippen molar-refractivity contribution in [2.75, 3.05) is 18.5 Å². The van der Waals surface area contributed by atoms with Crippen LogP contribution in [0, 0.1) is 6.92 Å². The summed E-state index contributed by atoms with van der Waals surface area (Å²) in [6.07, 6.45) is -0.166. The molecule has 0 aromatic heterocycles. The molecule has 0 unspecified atom stereocenters. The zero-order valence-electron chi connectivity index (χ0n) is 14.5. The molecule has 2 atom stereocenters. The summed E-state index contributed by atoms with van der Waals surface area (Å²) in [6, 6.07) is 5.00. The molecule has 1 fully saturated rings. The summed E-state index contributed by atoms with van der Waals surface area (Å²) in [6.45, 7) is 8.85. The standard InChI is InChI=1S/C17H25N3O3.ClH/c1-10(2)19-16(21)14-6-5-13(9-11(14)3)20-17(22)15-12(4)23-8-7-18-15;/h5-6,9-10,12,15,18H,7-8H2,1-4H3,(H,19,21)(H,20,22);1H/t12-,15+;/m1./s1. The molecule has 24 heavy (non-hydrogen) atoms. The van der Waals surface area contributed by atoms with Crippen molar-refractivity contribution in [2.45, 2.75) is 45.9 Å². The van der Waals surface area contributed by atoms with Crippen molar-refractivity contribution in [3.8, 4) is 0 Å². The van der Waals surface area contributed by atoms with E-state index in [4.69, 9.17) is 4.74 Å². The number of halogens is 1. The van der Waals surface area contributed by atoms with E-state index >= 15 is 0 Å². The molecule has 1 saturated heterocycles. The molecule has 0 aliphatic carbocycles. The minimum absolute atomic E-state index is 0. The maximum atomic E-state index is 12.3. The van der Waals surface area contributed by atoms with Crippen molar-refractivity contribution < 1.29 is 14.3 Å². The molecule has 1 heterocycles. The smallest absolute Gasteiger partial charge is 0.251 e. The Balaban J connectivity index is 0.00000288. The lowest BCUT2D eigenvalue weighted by atomic mass is 10.1. The largest absolute Gasteiger partial charge is 0.375 e. The lowest BCUT2D eigenvalue weighted by Gasteiger charge is -2.29. The van der Waals surface area contributed by atoms with Gasteiger partial charge in [-0.05, 0) is 51.5 Å². The molecule has 0 bridgehead atoms. The monoisotopic (exact) mass is 355 g/mol. The highest BCUT2D eigenvalue weighted by Gasteiger charge is 2.28. The van der Waals surface area contributed by atoms with Crippen LogP contribution in [0.15, 0.2) is 18.2 Å². The van der Waals surface area contributed by atoms with Gasteiger partial charge < -0.3 is 20.7 Å². The topological polar surface area (TPSA) is 79.5 Å². The van der Waals surface area contributed by atoms with Crippen LogP contribution in [0.1, 0.15) is 36.7 Å². The van der Waals surface area contributed by atoms with Gasteiger partial charge in [0.25, 0.3) is 5.91 Å². The number of morpholine rings is 1. The first-order valence-electron chi connectivity index (χ1n) is 7.96. The summed E-state index contributed by atoms with van der Waals surface area (Å²) >= 11 is 0. The molecule has 0 saturated carbocycles. The molecule has 1 aliphatic heterocycles. The van der Waals surface area contributed by atoms with Crippen molar-refractivity contribution in [3.05, 3.63) is 29.3 Å². The van der Waals surface area contributed by atoms with E-state index in [1.54, 1.807) is 12.1 Å². The SMILES string of the molecule is Cc1cc(NC(=O)[C@H]2NCCO[C@@H]2C)ccc1C(=O)NC(C)C.Cl. The zero-order chi connectivity index (χ0) is 17.0. The Hall–Kier alpha value is -1.63. The van der Waals surface area contributed by atoms with Crippen LogP contribution in [0.25, 0.3) is 0 Å². The van der Waals surface area contributed by atoms with Gasteiger partial charge in [0.15, 0.2) is 0 Å². The van der Waals surface area contributed by atoms with Crippen LogP contribution in [0.5, 0.6) is 0 Å². The Labute approximate surface area is 149 Å². The van der Waals surface area contributed by atoms with E-state index in [1.807, 2.05) is 33.8 Å². The summed E-state index contributed by atoms with van der Waals surface area (Å²) in [5, 5.41) is 8.89. The van der Waals surface area contributed by atoms with E-state index in [0.717, 1.165) is 5.56 Å². The molecule has 1 aliphatic rings. The highest BCUT2D eigenvalue weighted by Crippen LogP contribution is 2.16. The fraction of sp³-hybridized carbons (Fsp3) is 0.529. The fourth-order valence-corrected chi connectivity index (χ4v) is 2.58. The zero-order valence-corrected chi connectivity index (χ0v) is 15.3. The summed E-state index contributed by atoms with van der Waals surface area (Å²) < 4.78 is 5.48. The van der Waals surface area contributed by atoms with Gasteiger partial charge in [-0.1, -0.05) is 0 Å². The van der Waals surface area contributed by atoms with Gasteiger partial charge in [0, 0.05) is 23.8 Å². The number of carbonyl (C=O) groups excluding carboxylic acids is 2. The maximum absolute atomic E-state index is 12.3. The molecular formula is C17H26ClN3O3. The Kier molecular flexibility index (Phi) is 7.66. The molecule has 0 spiro atoms. The second kappa shape index (κ2) is 9.01. The van der Waals surface area contributed by atoms with Gasteiger partial charge in [-0.2, -0.15) is 0 Å². The summed E-state index contributed by atoms with van der Waals surface area (Å²) in [4.78, 5) is 24.4. The number of amides is 2. The third-order valence-electron chi connectivity index (χ3n) is 3.76. The Morgan fingerprint density at radius 1 is 1.33 bits per heavy atom. The van der Waals surface area contributed by atoms with Crippen molar-refractivity contribution in [2.24, 2.45) is 0 Å². The van der Waals surface area contributed by atoms with E-state index in [0.29, 0.717) is 24.4 Å². The first kappa shape index (κ1) is 20.4. The van der Waals surface area contributed by atoms with E-state index in [-0.39, 0.29) is 42.4 Å². The number of hydrogen-bond donors (Lipinski definition) is 3. The van der Waals surface area contributed by atoms with Crippen molar-refractivity contribution in [1.29, 1.82) is 0 Å². The summed E-state index contributed by atoms with van der Waals surface area (Å²) in [7, 11) is 0. The molecule has 2 amide bonds. The third kappa shape index (κ3) is 5.19. The third-order valence-corrected chi connectivity index (χ3v) is 3.76. The average Bonchev–Trinajstić information content (AvgIpc) is 2.46. The average molecular weight is 356 g/mol. The van der Waals surface area contributed by atoms with Crippen molar-refractivity contribution in [3.63, 3.8) is 0 Å². The van der Waals surface area contributed by atoms with Crippen LogP contribution in [-0.2, 0) is 9.53 Å².